The molecule has 0 radical (unpaired) electrons. The minimum Gasteiger partial charge on any atom is -0.399 e. The van der Waals surface area contributed by atoms with Gasteiger partial charge in [0.05, 0.1) is 23.1 Å². The maximum atomic E-state index is 6.45. The van der Waals surface area contributed by atoms with Gasteiger partial charge in [-0.1, -0.05) is 17.7 Å². The summed E-state index contributed by atoms with van der Waals surface area (Å²) in [6.45, 7) is 10.1. The first-order valence-corrected chi connectivity index (χ1v) is 7.74. The van der Waals surface area contributed by atoms with E-state index in [4.69, 9.17) is 20.9 Å². The summed E-state index contributed by atoms with van der Waals surface area (Å²) in [7, 11) is -0.453. The van der Waals surface area contributed by atoms with Crippen LogP contribution in [0.2, 0.25) is 5.02 Å². The summed E-state index contributed by atoms with van der Waals surface area (Å²) in [5, 5.41) is 4.91. The van der Waals surface area contributed by atoms with Crippen molar-refractivity contribution in [3.8, 4) is 5.69 Å². The van der Waals surface area contributed by atoms with Crippen molar-refractivity contribution in [2.45, 2.75) is 45.8 Å². The summed E-state index contributed by atoms with van der Waals surface area (Å²) in [6, 6.07) is 5.80. The lowest BCUT2D eigenvalue weighted by atomic mass is 9.79. The first-order valence-electron chi connectivity index (χ1n) is 7.36. The zero-order chi connectivity index (χ0) is 16.1. The zero-order valence-electron chi connectivity index (χ0n) is 13.6. The highest BCUT2D eigenvalue weighted by atomic mass is 35.5. The molecule has 0 bridgehead atoms. The molecular weight excluding hydrogens is 298 g/mol. The second kappa shape index (κ2) is 5.12. The van der Waals surface area contributed by atoms with E-state index in [0.29, 0.717) is 5.02 Å². The summed E-state index contributed by atoms with van der Waals surface area (Å²) in [4.78, 5) is 0. The third kappa shape index (κ3) is 2.58. The molecule has 1 saturated heterocycles. The molecule has 3 rings (SSSR count). The van der Waals surface area contributed by atoms with E-state index in [1.54, 1.807) is 4.68 Å². The van der Waals surface area contributed by atoms with Crippen LogP contribution in [-0.4, -0.2) is 28.1 Å². The lowest BCUT2D eigenvalue weighted by Crippen LogP contribution is -2.41. The Morgan fingerprint density at radius 3 is 2.27 bits per heavy atom. The van der Waals surface area contributed by atoms with E-state index in [1.807, 2.05) is 65.2 Å². The van der Waals surface area contributed by atoms with Gasteiger partial charge in [-0.25, -0.2) is 4.68 Å². The van der Waals surface area contributed by atoms with E-state index in [9.17, 15) is 0 Å². The fourth-order valence-electron chi connectivity index (χ4n) is 2.37. The Hall–Kier alpha value is -1.30. The smallest absolute Gasteiger partial charge is 0.399 e. The van der Waals surface area contributed by atoms with Crippen LogP contribution < -0.4 is 5.46 Å². The van der Waals surface area contributed by atoms with Crippen molar-refractivity contribution in [2.75, 3.05) is 0 Å². The van der Waals surface area contributed by atoms with Crippen LogP contribution in [0.25, 0.3) is 5.69 Å². The molecule has 4 nitrogen and oxygen atoms in total. The molecule has 0 amide bonds. The Bertz CT molecular complexity index is 696. The summed E-state index contributed by atoms with van der Waals surface area (Å²) in [6.07, 6.45) is 3.77. The topological polar surface area (TPSA) is 36.3 Å². The molecule has 1 aliphatic heterocycles. The first-order chi connectivity index (χ1) is 10.2. The van der Waals surface area contributed by atoms with E-state index in [-0.39, 0.29) is 11.2 Å². The van der Waals surface area contributed by atoms with E-state index in [0.717, 1.165) is 16.7 Å². The van der Waals surface area contributed by atoms with Crippen molar-refractivity contribution < 1.29 is 9.31 Å². The van der Waals surface area contributed by atoms with Crippen LogP contribution >= 0.6 is 11.6 Å². The number of hydrogen-bond acceptors (Lipinski definition) is 3. The molecule has 6 heteroatoms. The van der Waals surface area contributed by atoms with Crippen LogP contribution in [0.15, 0.2) is 30.6 Å². The Morgan fingerprint density at radius 1 is 1.14 bits per heavy atom. The monoisotopic (exact) mass is 318 g/mol. The van der Waals surface area contributed by atoms with Gasteiger partial charge in [0, 0.05) is 16.7 Å². The predicted octanol–water partition coefficient (Wildman–Crippen LogP) is 3.13. The zero-order valence-corrected chi connectivity index (χ0v) is 14.3. The molecular formula is C16H20BClN2O2. The standard InChI is InChI=1S/C16H20BClN2O2/c1-11-9-19-20(10-11)12-6-7-13(14(18)8-12)17-21-15(2,3)16(4,5)22-17/h6-10H,1-5H3. The molecule has 0 unspecified atom stereocenters. The highest BCUT2D eigenvalue weighted by Crippen LogP contribution is 2.37. The quantitative estimate of drug-likeness (QED) is 0.798. The molecule has 1 aromatic carbocycles. The molecule has 2 heterocycles. The normalized spacial score (nSPS) is 19.6. The van der Waals surface area contributed by atoms with Gasteiger partial charge in [0.2, 0.25) is 0 Å². The largest absolute Gasteiger partial charge is 0.496 e. The number of rotatable bonds is 2. The fraction of sp³-hybridized carbons (Fsp3) is 0.438. The number of aromatic nitrogens is 2. The fourth-order valence-corrected chi connectivity index (χ4v) is 2.64. The number of benzene rings is 1. The molecule has 1 aromatic heterocycles. The van der Waals surface area contributed by atoms with Crippen molar-refractivity contribution in [2.24, 2.45) is 0 Å². The van der Waals surface area contributed by atoms with Gasteiger partial charge >= 0.3 is 7.12 Å². The average Bonchev–Trinajstić information content (AvgIpc) is 2.91. The highest BCUT2D eigenvalue weighted by Gasteiger charge is 2.52. The Kier molecular flexibility index (Phi) is 3.63. The van der Waals surface area contributed by atoms with Crippen LogP contribution in [0.3, 0.4) is 0 Å². The van der Waals surface area contributed by atoms with Crippen molar-refractivity contribution in [3.63, 3.8) is 0 Å². The van der Waals surface area contributed by atoms with Gasteiger partial charge in [-0.15, -0.1) is 0 Å². The van der Waals surface area contributed by atoms with E-state index in [2.05, 4.69) is 5.10 Å². The van der Waals surface area contributed by atoms with Gasteiger partial charge < -0.3 is 9.31 Å². The van der Waals surface area contributed by atoms with Gasteiger partial charge in [-0.05, 0) is 52.3 Å². The van der Waals surface area contributed by atoms with Crippen molar-refractivity contribution >= 4 is 24.2 Å². The molecule has 116 valence electrons. The van der Waals surface area contributed by atoms with Crippen molar-refractivity contribution in [1.82, 2.24) is 9.78 Å². The van der Waals surface area contributed by atoms with Gasteiger partial charge in [-0.2, -0.15) is 5.10 Å². The van der Waals surface area contributed by atoms with Crippen LogP contribution in [-0.2, 0) is 9.31 Å². The third-order valence-electron chi connectivity index (χ3n) is 4.47. The maximum absolute atomic E-state index is 6.45. The molecule has 1 aliphatic rings. The maximum Gasteiger partial charge on any atom is 0.496 e. The molecule has 0 saturated carbocycles. The van der Waals surface area contributed by atoms with Gasteiger partial charge in [-0.3, -0.25) is 0 Å². The van der Waals surface area contributed by atoms with Gasteiger partial charge in [0.15, 0.2) is 0 Å². The Labute approximate surface area is 136 Å². The molecule has 0 spiro atoms. The van der Waals surface area contributed by atoms with Gasteiger partial charge in [0.25, 0.3) is 0 Å². The minimum absolute atomic E-state index is 0.376. The Morgan fingerprint density at radius 2 is 1.77 bits per heavy atom. The molecule has 0 aliphatic carbocycles. The average molecular weight is 319 g/mol. The highest BCUT2D eigenvalue weighted by molar-refractivity contribution is 6.65. The van der Waals surface area contributed by atoms with E-state index >= 15 is 0 Å². The second-order valence-corrected chi connectivity index (χ2v) is 7.16. The minimum atomic E-state index is -0.453. The number of hydrogen-bond donors (Lipinski definition) is 0. The molecule has 2 aromatic rings. The lowest BCUT2D eigenvalue weighted by Gasteiger charge is -2.32. The number of nitrogens with zero attached hydrogens (tertiary/aromatic N) is 2. The second-order valence-electron chi connectivity index (χ2n) is 6.76. The van der Waals surface area contributed by atoms with Crippen LogP contribution in [0.1, 0.15) is 33.3 Å². The summed E-state index contributed by atoms with van der Waals surface area (Å²) in [5.74, 6) is 0. The van der Waals surface area contributed by atoms with E-state index < -0.39 is 7.12 Å². The van der Waals surface area contributed by atoms with Gasteiger partial charge in [0.1, 0.15) is 0 Å². The predicted molar refractivity (Wildman–Crippen MR) is 89.0 cm³/mol. The summed E-state index contributed by atoms with van der Waals surface area (Å²) < 4.78 is 13.9. The molecule has 22 heavy (non-hydrogen) atoms. The third-order valence-corrected chi connectivity index (χ3v) is 4.79. The summed E-state index contributed by atoms with van der Waals surface area (Å²) >= 11 is 6.45. The van der Waals surface area contributed by atoms with Crippen molar-refractivity contribution in [3.05, 3.63) is 41.2 Å². The SMILES string of the molecule is Cc1cnn(-c2ccc(B3OC(C)(C)C(C)(C)O3)c(Cl)c2)c1. The molecule has 0 atom stereocenters. The van der Waals surface area contributed by atoms with Crippen LogP contribution in [0.4, 0.5) is 0 Å². The van der Waals surface area contributed by atoms with Crippen LogP contribution in [0, 0.1) is 6.92 Å². The van der Waals surface area contributed by atoms with E-state index in [1.165, 1.54) is 0 Å². The Balaban J connectivity index is 1.91. The van der Waals surface area contributed by atoms with Crippen molar-refractivity contribution in [1.29, 1.82) is 0 Å². The number of aryl methyl sites for hydroxylation is 1. The lowest BCUT2D eigenvalue weighted by molar-refractivity contribution is 0.00578. The number of halogens is 1. The van der Waals surface area contributed by atoms with Crippen LogP contribution in [0.5, 0.6) is 0 Å². The molecule has 1 fully saturated rings. The molecule has 0 N–H and O–H groups in total. The first kappa shape index (κ1) is 15.6. The summed E-state index contributed by atoms with van der Waals surface area (Å²) in [5.41, 5.74) is 2.11.